The maximum Gasteiger partial charge on any atom is 0.255 e. The number of carbonyl (C=O) groups is 1. The number of nitrogens with one attached hydrogen (secondary N) is 1. The van der Waals surface area contributed by atoms with Crippen molar-refractivity contribution in [1.82, 2.24) is 25.3 Å². The molecular weight excluding hydrogens is 336 g/mol. The molecule has 1 saturated heterocycles. The summed E-state index contributed by atoms with van der Waals surface area (Å²) in [7, 11) is 0. The minimum Gasteiger partial charge on any atom is -0.346 e. The van der Waals surface area contributed by atoms with E-state index in [0.717, 1.165) is 34.6 Å². The molecule has 1 fully saturated rings. The SMILES string of the molecule is Cc1nnc(N2CC(NC(=O)c3cnn(-c4ccccc4)c3C)C2)s1. The van der Waals surface area contributed by atoms with Crippen LogP contribution < -0.4 is 10.2 Å². The third-order valence-corrected chi connectivity index (χ3v) is 5.16. The van der Waals surface area contributed by atoms with E-state index < -0.39 is 0 Å². The Balaban J connectivity index is 1.40. The van der Waals surface area contributed by atoms with E-state index in [4.69, 9.17) is 0 Å². The molecular formula is C17H18N6OS. The molecule has 0 spiro atoms. The summed E-state index contributed by atoms with van der Waals surface area (Å²) in [4.78, 5) is 14.7. The van der Waals surface area contributed by atoms with Crippen LogP contribution in [0.4, 0.5) is 5.13 Å². The first-order valence-corrected chi connectivity index (χ1v) is 8.89. The van der Waals surface area contributed by atoms with E-state index in [1.807, 2.05) is 44.2 Å². The number of nitrogens with zero attached hydrogens (tertiary/aromatic N) is 5. The highest BCUT2D eigenvalue weighted by Gasteiger charge is 2.31. The summed E-state index contributed by atoms with van der Waals surface area (Å²) in [6, 6.07) is 9.92. The summed E-state index contributed by atoms with van der Waals surface area (Å²) in [5.74, 6) is -0.0854. The van der Waals surface area contributed by atoms with Gasteiger partial charge in [0, 0.05) is 13.1 Å². The Labute approximate surface area is 149 Å². The number of anilines is 1. The van der Waals surface area contributed by atoms with Crippen LogP contribution in [0, 0.1) is 13.8 Å². The van der Waals surface area contributed by atoms with Crippen LogP contribution in [-0.2, 0) is 0 Å². The molecule has 3 heterocycles. The first-order valence-electron chi connectivity index (χ1n) is 8.08. The zero-order chi connectivity index (χ0) is 17.4. The average Bonchev–Trinajstić information content (AvgIpc) is 3.17. The average molecular weight is 354 g/mol. The zero-order valence-corrected chi connectivity index (χ0v) is 14.8. The fraction of sp³-hybridized carbons (Fsp3) is 0.294. The molecule has 7 nitrogen and oxygen atoms in total. The fourth-order valence-corrected chi connectivity index (χ4v) is 3.57. The quantitative estimate of drug-likeness (QED) is 0.775. The maximum atomic E-state index is 12.6. The topological polar surface area (TPSA) is 75.9 Å². The van der Waals surface area contributed by atoms with Gasteiger partial charge in [-0.15, -0.1) is 10.2 Å². The number of aryl methyl sites for hydroxylation is 1. The summed E-state index contributed by atoms with van der Waals surface area (Å²) < 4.78 is 1.78. The molecule has 0 aliphatic carbocycles. The number of hydrogen-bond donors (Lipinski definition) is 1. The second-order valence-electron chi connectivity index (χ2n) is 6.07. The van der Waals surface area contributed by atoms with E-state index in [2.05, 4.69) is 25.5 Å². The molecule has 8 heteroatoms. The minimum atomic E-state index is -0.0854. The van der Waals surface area contributed by atoms with E-state index in [0.29, 0.717) is 5.56 Å². The van der Waals surface area contributed by atoms with Gasteiger partial charge in [-0.2, -0.15) is 5.10 Å². The largest absolute Gasteiger partial charge is 0.346 e. The Kier molecular flexibility index (Phi) is 3.96. The fourth-order valence-electron chi connectivity index (χ4n) is 2.87. The number of benzene rings is 1. The number of hydrogen-bond acceptors (Lipinski definition) is 6. The van der Waals surface area contributed by atoms with Crippen LogP contribution in [0.15, 0.2) is 36.5 Å². The summed E-state index contributed by atoms with van der Waals surface area (Å²) in [6.45, 7) is 5.36. The summed E-state index contributed by atoms with van der Waals surface area (Å²) in [5, 5.41) is 17.4. The van der Waals surface area contributed by atoms with Gasteiger partial charge in [0.1, 0.15) is 5.01 Å². The lowest BCUT2D eigenvalue weighted by molar-refractivity contribution is 0.0929. The van der Waals surface area contributed by atoms with Crippen LogP contribution in [0.5, 0.6) is 0 Å². The maximum absolute atomic E-state index is 12.6. The number of carbonyl (C=O) groups excluding carboxylic acids is 1. The van der Waals surface area contributed by atoms with Crippen LogP contribution in [0.1, 0.15) is 21.1 Å². The molecule has 1 amide bonds. The van der Waals surface area contributed by atoms with Crippen molar-refractivity contribution in [3.05, 3.63) is 52.8 Å². The van der Waals surface area contributed by atoms with Crippen molar-refractivity contribution in [2.75, 3.05) is 18.0 Å². The molecule has 25 heavy (non-hydrogen) atoms. The number of aromatic nitrogens is 4. The molecule has 128 valence electrons. The highest BCUT2D eigenvalue weighted by molar-refractivity contribution is 7.15. The van der Waals surface area contributed by atoms with Gasteiger partial charge in [-0.05, 0) is 26.0 Å². The standard InChI is InChI=1S/C17H18N6OS/c1-11-15(8-18-23(11)14-6-4-3-5-7-14)16(24)19-13-9-22(10-13)17-21-20-12(2)25-17/h3-8,13H,9-10H2,1-2H3,(H,19,24). The van der Waals surface area contributed by atoms with Crippen molar-refractivity contribution in [2.45, 2.75) is 19.9 Å². The van der Waals surface area contributed by atoms with Gasteiger partial charge >= 0.3 is 0 Å². The molecule has 3 aromatic rings. The van der Waals surface area contributed by atoms with Crippen LogP contribution in [0.25, 0.3) is 5.69 Å². The van der Waals surface area contributed by atoms with Crippen molar-refractivity contribution in [2.24, 2.45) is 0 Å². The van der Waals surface area contributed by atoms with Crippen LogP contribution in [-0.4, -0.2) is 45.0 Å². The Bertz CT molecular complexity index is 897. The lowest BCUT2D eigenvalue weighted by atomic mass is 10.1. The van der Waals surface area contributed by atoms with E-state index in [1.165, 1.54) is 0 Å². The Morgan fingerprint density at radius 2 is 1.96 bits per heavy atom. The molecule has 1 aromatic carbocycles. The van der Waals surface area contributed by atoms with Crippen molar-refractivity contribution in [1.29, 1.82) is 0 Å². The van der Waals surface area contributed by atoms with Gasteiger partial charge in [-0.25, -0.2) is 4.68 Å². The van der Waals surface area contributed by atoms with Crippen molar-refractivity contribution in [3.63, 3.8) is 0 Å². The predicted octanol–water partition coefficient (Wildman–Crippen LogP) is 1.96. The molecule has 1 N–H and O–H groups in total. The summed E-state index contributed by atoms with van der Waals surface area (Å²) in [6.07, 6.45) is 1.63. The predicted molar refractivity (Wildman–Crippen MR) is 96.4 cm³/mol. The lowest BCUT2D eigenvalue weighted by Crippen LogP contribution is -2.59. The molecule has 1 aliphatic heterocycles. The second kappa shape index (κ2) is 6.29. The number of para-hydroxylation sites is 1. The molecule has 1 aliphatic rings. The smallest absolute Gasteiger partial charge is 0.255 e. The van der Waals surface area contributed by atoms with E-state index in [1.54, 1.807) is 22.2 Å². The monoisotopic (exact) mass is 354 g/mol. The van der Waals surface area contributed by atoms with Gasteiger partial charge in [0.05, 0.1) is 29.2 Å². The van der Waals surface area contributed by atoms with Gasteiger partial charge in [0.25, 0.3) is 5.91 Å². The molecule has 0 unspecified atom stereocenters. The third kappa shape index (κ3) is 3.00. The molecule has 0 atom stereocenters. The van der Waals surface area contributed by atoms with Gasteiger partial charge in [0.15, 0.2) is 0 Å². The van der Waals surface area contributed by atoms with E-state index in [-0.39, 0.29) is 11.9 Å². The van der Waals surface area contributed by atoms with E-state index in [9.17, 15) is 4.79 Å². The van der Waals surface area contributed by atoms with Crippen molar-refractivity contribution < 1.29 is 4.79 Å². The van der Waals surface area contributed by atoms with Crippen LogP contribution >= 0.6 is 11.3 Å². The first kappa shape index (κ1) is 15.8. The Hall–Kier alpha value is -2.74. The summed E-state index contributed by atoms with van der Waals surface area (Å²) in [5.41, 5.74) is 2.38. The molecule has 0 radical (unpaired) electrons. The van der Waals surface area contributed by atoms with Crippen LogP contribution in [0.2, 0.25) is 0 Å². The Morgan fingerprint density at radius 3 is 2.64 bits per heavy atom. The van der Waals surface area contributed by atoms with Gasteiger partial charge in [0.2, 0.25) is 5.13 Å². The van der Waals surface area contributed by atoms with Gasteiger partial charge in [-0.3, -0.25) is 4.79 Å². The molecule has 0 bridgehead atoms. The van der Waals surface area contributed by atoms with Gasteiger partial charge < -0.3 is 10.2 Å². The normalized spacial score (nSPS) is 14.4. The minimum absolute atomic E-state index is 0.0854. The van der Waals surface area contributed by atoms with Crippen molar-refractivity contribution >= 4 is 22.4 Å². The highest BCUT2D eigenvalue weighted by Crippen LogP contribution is 2.24. The van der Waals surface area contributed by atoms with E-state index >= 15 is 0 Å². The number of amides is 1. The summed E-state index contributed by atoms with van der Waals surface area (Å²) >= 11 is 1.57. The Morgan fingerprint density at radius 1 is 1.20 bits per heavy atom. The van der Waals surface area contributed by atoms with Crippen molar-refractivity contribution in [3.8, 4) is 5.69 Å². The van der Waals surface area contributed by atoms with Crippen LogP contribution in [0.3, 0.4) is 0 Å². The molecule has 0 saturated carbocycles. The third-order valence-electron chi connectivity index (χ3n) is 4.26. The molecule has 2 aromatic heterocycles. The second-order valence-corrected chi connectivity index (χ2v) is 7.23. The van der Waals surface area contributed by atoms with Gasteiger partial charge in [-0.1, -0.05) is 29.5 Å². The molecule has 4 rings (SSSR count). The highest BCUT2D eigenvalue weighted by atomic mass is 32.1. The number of rotatable bonds is 4. The zero-order valence-electron chi connectivity index (χ0n) is 14.0. The first-order chi connectivity index (χ1) is 12.1. The lowest BCUT2D eigenvalue weighted by Gasteiger charge is -2.38.